The van der Waals surface area contributed by atoms with Gasteiger partial charge in [0, 0.05) is 18.5 Å². The molecule has 3 rings (SSSR count). The van der Waals surface area contributed by atoms with Crippen LogP contribution in [0.3, 0.4) is 0 Å². The minimum atomic E-state index is -0.177. The molecule has 2 heterocycles. The molecule has 152 valence electrons. The fourth-order valence-corrected chi connectivity index (χ4v) is 3.88. The highest BCUT2D eigenvalue weighted by molar-refractivity contribution is 7.17. The maximum atomic E-state index is 12.8. The van der Waals surface area contributed by atoms with Crippen LogP contribution in [0.2, 0.25) is 0 Å². The molecule has 0 aliphatic carbocycles. The number of unbranched alkanes of at least 4 members (excludes halogenated alkanes) is 3. The molecule has 1 amide bonds. The summed E-state index contributed by atoms with van der Waals surface area (Å²) in [5.41, 5.74) is 1.56. The zero-order valence-corrected chi connectivity index (χ0v) is 17.2. The number of esters is 1. The monoisotopic (exact) mass is 412 g/mol. The van der Waals surface area contributed by atoms with Crippen LogP contribution in [0.5, 0.6) is 0 Å². The Hall–Kier alpha value is -2.93. The lowest BCUT2D eigenvalue weighted by Crippen LogP contribution is -2.24. The molecule has 0 radical (unpaired) electrons. The lowest BCUT2D eigenvalue weighted by atomic mass is 10.1. The highest BCUT2D eigenvalue weighted by Gasteiger charge is 2.21. The quantitative estimate of drug-likeness (QED) is 0.377. The predicted molar refractivity (Wildman–Crippen MR) is 113 cm³/mol. The predicted octanol–water partition coefficient (Wildman–Crippen LogP) is 4.92. The second-order valence-corrected chi connectivity index (χ2v) is 7.54. The van der Waals surface area contributed by atoms with Gasteiger partial charge >= 0.3 is 5.97 Å². The standard InChI is InChI=1S/C22H24N2O4S/c1-27-18(25)13-7-2-3-8-14-23-21(26)20-19(16-10-5-4-6-11-16)24-22(29-20)17-12-9-15-28-17/h4-6,9-12,15H,2-3,7-8,13-14H2,1H3,(H,23,26). The van der Waals surface area contributed by atoms with E-state index in [1.807, 2.05) is 36.4 Å². The lowest BCUT2D eigenvalue weighted by molar-refractivity contribution is -0.140. The molecule has 1 N–H and O–H groups in total. The van der Waals surface area contributed by atoms with E-state index in [1.165, 1.54) is 18.4 Å². The number of aromatic nitrogens is 1. The summed E-state index contributed by atoms with van der Waals surface area (Å²) in [5, 5.41) is 3.67. The van der Waals surface area contributed by atoms with Gasteiger partial charge in [-0.1, -0.05) is 43.2 Å². The van der Waals surface area contributed by atoms with Crippen LogP contribution >= 0.6 is 11.3 Å². The van der Waals surface area contributed by atoms with E-state index in [2.05, 4.69) is 15.0 Å². The van der Waals surface area contributed by atoms with E-state index < -0.39 is 0 Å². The number of carbonyl (C=O) groups excluding carboxylic acids is 2. The Morgan fingerprint density at radius 1 is 1.07 bits per heavy atom. The molecule has 0 aliphatic heterocycles. The summed E-state index contributed by atoms with van der Waals surface area (Å²) < 4.78 is 10.1. The topological polar surface area (TPSA) is 81.4 Å². The number of benzene rings is 1. The second-order valence-electron chi connectivity index (χ2n) is 6.54. The number of nitrogens with zero attached hydrogens (tertiary/aromatic N) is 1. The van der Waals surface area contributed by atoms with E-state index in [0.717, 1.165) is 31.2 Å². The number of amides is 1. The summed E-state index contributed by atoms with van der Waals surface area (Å²) in [7, 11) is 1.40. The third-order valence-electron chi connectivity index (χ3n) is 4.43. The van der Waals surface area contributed by atoms with Gasteiger partial charge < -0.3 is 14.5 Å². The highest BCUT2D eigenvalue weighted by Crippen LogP contribution is 2.34. The number of methoxy groups -OCH3 is 1. The fraction of sp³-hybridized carbons (Fsp3) is 0.318. The molecule has 0 bridgehead atoms. The van der Waals surface area contributed by atoms with Crippen molar-refractivity contribution in [2.45, 2.75) is 32.1 Å². The second kappa shape index (κ2) is 10.6. The molecule has 0 aliphatic rings. The SMILES string of the molecule is COC(=O)CCCCCCNC(=O)c1sc(-c2ccco2)nc1-c1ccccc1. The van der Waals surface area contributed by atoms with Gasteiger partial charge in [0.25, 0.3) is 5.91 Å². The summed E-state index contributed by atoms with van der Waals surface area (Å²) in [4.78, 5) is 29.1. The third kappa shape index (κ3) is 5.77. The highest BCUT2D eigenvalue weighted by atomic mass is 32.1. The van der Waals surface area contributed by atoms with Crippen molar-refractivity contribution in [3.63, 3.8) is 0 Å². The lowest BCUT2D eigenvalue weighted by Gasteiger charge is -2.05. The molecule has 0 saturated heterocycles. The van der Waals surface area contributed by atoms with Gasteiger partial charge in [-0.15, -0.1) is 11.3 Å². The van der Waals surface area contributed by atoms with Gasteiger partial charge in [0.15, 0.2) is 10.8 Å². The normalized spacial score (nSPS) is 10.7. The molecule has 0 fully saturated rings. The number of rotatable bonds is 10. The van der Waals surface area contributed by atoms with Crippen LogP contribution in [0.4, 0.5) is 0 Å². The maximum Gasteiger partial charge on any atom is 0.305 e. The zero-order chi connectivity index (χ0) is 20.5. The van der Waals surface area contributed by atoms with Crippen molar-refractivity contribution >= 4 is 23.2 Å². The largest absolute Gasteiger partial charge is 0.469 e. The molecule has 0 saturated carbocycles. The van der Waals surface area contributed by atoms with Crippen LogP contribution in [0.1, 0.15) is 41.8 Å². The van der Waals surface area contributed by atoms with E-state index in [-0.39, 0.29) is 11.9 Å². The van der Waals surface area contributed by atoms with Gasteiger partial charge in [0.2, 0.25) is 0 Å². The molecular weight excluding hydrogens is 388 g/mol. The van der Waals surface area contributed by atoms with Crippen LogP contribution in [0.15, 0.2) is 53.1 Å². The smallest absolute Gasteiger partial charge is 0.305 e. The average Bonchev–Trinajstić information content (AvgIpc) is 3.43. The number of ether oxygens (including phenoxy) is 1. The molecule has 7 heteroatoms. The molecule has 3 aromatic rings. The molecule has 1 aromatic carbocycles. The summed E-state index contributed by atoms with van der Waals surface area (Å²) in [6.07, 6.45) is 5.59. The van der Waals surface area contributed by atoms with Crippen LogP contribution in [-0.2, 0) is 9.53 Å². The van der Waals surface area contributed by atoms with Gasteiger partial charge in [0.05, 0.1) is 19.1 Å². The Labute approximate surface area is 173 Å². The third-order valence-corrected chi connectivity index (χ3v) is 5.50. The summed E-state index contributed by atoms with van der Waals surface area (Å²) >= 11 is 1.33. The molecule has 2 aromatic heterocycles. The number of hydrogen-bond donors (Lipinski definition) is 1. The van der Waals surface area contributed by atoms with Gasteiger partial charge in [0.1, 0.15) is 4.88 Å². The first-order valence-corrected chi connectivity index (χ1v) is 10.5. The van der Waals surface area contributed by atoms with Crippen LogP contribution in [0.25, 0.3) is 22.0 Å². The molecule has 0 unspecified atom stereocenters. The first kappa shape index (κ1) is 20.8. The minimum Gasteiger partial charge on any atom is -0.469 e. The molecular formula is C22H24N2O4S. The van der Waals surface area contributed by atoms with Gasteiger partial charge in [-0.3, -0.25) is 9.59 Å². The number of thiazole rings is 1. The summed E-state index contributed by atoms with van der Waals surface area (Å²) in [6.45, 7) is 0.583. The average molecular weight is 413 g/mol. The first-order chi connectivity index (χ1) is 14.2. The van der Waals surface area contributed by atoms with Crippen molar-refractivity contribution in [2.75, 3.05) is 13.7 Å². The van der Waals surface area contributed by atoms with Crippen molar-refractivity contribution in [1.29, 1.82) is 0 Å². The Kier molecular flexibility index (Phi) is 7.58. The minimum absolute atomic E-state index is 0.131. The zero-order valence-electron chi connectivity index (χ0n) is 16.3. The van der Waals surface area contributed by atoms with E-state index >= 15 is 0 Å². The van der Waals surface area contributed by atoms with E-state index in [1.54, 1.807) is 12.3 Å². The van der Waals surface area contributed by atoms with Crippen LogP contribution in [-0.4, -0.2) is 30.5 Å². The number of nitrogens with one attached hydrogen (secondary N) is 1. The van der Waals surface area contributed by atoms with E-state index in [0.29, 0.717) is 34.3 Å². The number of furan rings is 1. The molecule has 0 atom stereocenters. The molecule has 0 spiro atoms. The van der Waals surface area contributed by atoms with Crippen molar-refractivity contribution in [2.24, 2.45) is 0 Å². The Morgan fingerprint density at radius 2 is 1.86 bits per heavy atom. The van der Waals surface area contributed by atoms with Crippen molar-refractivity contribution < 1.29 is 18.7 Å². The van der Waals surface area contributed by atoms with Gasteiger partial charge in [-0.2, -0.15) is 0 Å². The van der Waals surface area contributed by atoms with Crippen LogP contribution < -0.4 is 5.32 Å². The van der Waals surface area contributed by atoms with E-state index in [4.69, 9.17) is 4.42 Å². The Bertz CT molecular complexity index is 920. The summed E-state index contributed by atoms with van der Waals surface area (Å²) in [5.74, 6) is 0.342. The molecule has 6 nitrogen and oxygen atoms in total. The molecule has 29 heavy (non-hydrogen) atoms. The van der Waals surface area contributed by atoms with Gasteiger partial charge in [-0.25, -0.2) is 4.98 Å². The van der Waals surface area contributed by atoms with Crippen molar-refractivity contribution in [3.8, 4) is 22.0 Å². The van der Waals surface area contributed by atoms with Crippen LogP contribution in [0, 0.1) is 0 Å². The number of carbonyl (C=O) groups is 2. The summed E-state index contributed by atoms with van der Waals surface area (Å²) in [6, 6.07) is 13.3. The maximum absolute atomic E-state index is 12.8. The van der Waals surface area contributed by atoms with Crippen molar-refractivity contribution in [3.05, 3.63) is 53.6 Å². The number of hydrogen-bond acceptors (Lipinski definition) is 6. The van der Waals surface area contributed by atoms with Crippen molar-refractivity contribution in [1.82, 2.24) is 10.3 Å². The van der Waals surface area contributed by atoms with E-state index in [9.17, 15) is 9.59 Å². The Morgan fingerprint density at radius 3 is 2.59 bits per heavy atom. The fourth-order valence-electron chi connectivity index (χ4n) is 2.90. The van der Waals surface area contributed by atoms with Gasteiger partial charge in [-0.05, 0) is 25.0 Å². The first-order valence-electron chi connectivity index (χ1n) is 9.64. The Balaban J connectivity index is 1.60.